The minimum Gasteiger partial charge on any atom is -0.473 e. The summed E-state index contributed by atoms with van der Waals surface area (Å²) >= 11 is 1.48. The van der Waals surface area contributed by atoms with E-state index in [0.29, 0.717) is 29.7 Å². The summed E-state index contributed by atoms with van der Waals surface area (Å²) in [6.07, 6.45) is 16.8. The molecule has 0 atom stereocenters. The smallest absolute Gasteiger partial charge is 0.344 e. The Balaban J connectivity index is 1.39. The highest BCUT2D eigenvalue weighted by Crippen LogP contribution is 2.47. The molecule has 9 nitrogen and oxygen atoms in total. The molecule has 2 aromatic rings. The zero-order valence-electron chi connectivity index (χ0n) is 27.1. The van der Waals surface area contributed by atoms with Crippen molar-refractivity contribution in [2.45, 2.75) is 83.0 Å². The summed E-state index contributed by atoms with van der Waals surface area (Å²) in [5, 5.41) is 0.891. The fourth-order valence-electron chi connectivity index (χ4n) is 8.00. The van der Waals surface area contributed by atoms with Gasteiger partial charge in [0.15, 0.2) is 0 Å². The Morgan fingerprint density at radius 2 is 1.54 bits per heavy atom. The number of nitrogens with zero attached hydrogens (tertiary/aromatic N) is 4. The summed E-state index contributed by atoms with van der Waals surface area (Å²) in [5.41, 5.74) is 4.67. The molecule has 0 unspecified atom stereocenters. The molecule has 10 heteroatoms. The van der Waals surface area contributed by atoms with Crippen molar-refractivity contribution in [3.05, 3.63) is 51.4 Å². The molecular formula is C36H46N4O5S. The zero-order chi connectivity index (χ0) is 31.6. The standard InChI is InChI=1S/C36H46N4O5S/c1-44-36(43)28-16-15-26-24-45-35(33-32(34(26)46-28)31(25-12-5-2-6-13-25)27-14-11-21-40(27)33)39(22-29(41)37-17-7-3-8-18-37)23-30(42)38-19-9-4-10-20-38/h11,14,16,21,25H,2-10,12-13,15,17-20,22-24H2,1H3. The molecule has 2 aromatic heterocycles. The lowest BCUT2D eigenvalue weighted by atomic mass is 9.82. The van der Waals surface area contributed by atoms with Gasteiger partial charge in [-0.05, 0) is 87.0 Å². The highest BCUT2D eigenvalue weighted by atomic mass is 32.2. The molecule has 46 heavy (non-hydrogen) atoms. The zero-order valence-corrected chi connectivity index (χ0v) is 27.9. The number of methoxy groups -OCH3 is 1. The molecule has 3 fully saturated rings. The van der Waals surface area contributed by atoms with Gasteiger partial charge >= 0.3 is 5.97 Å². The van der Waals surface area contributed by atoms with Crippen LogP contribution in [-0.2, 0) is 23.9 Å². The molecule has 0 radical (unpaired) electrons. The van der Waals surface area contributed by atoms with Gasteiger partial charge in [-0.25, -0.2) is 4.79 Å². The third kappa shape index (κ3) is 6.05. The molecule has 2 saturated heterocycles. The van der Waals surface area contributed by atoms with Crippen molar-refractivity contribution >= 4 is 45.9 Å². The number of amides is 2. The van der Waals surface area contributed by atoms with Gasteiger partial charge in [0.2, 0.25) is 17.7 Å². The predicted octanol–water partition coefficient (Wildman–Crippen LogP) is 5.03. The second-order valence-corrected chi connectivity index (χ2v) is 14.4. The number of rotatable bonds is 7. The maximum Gasteiger partial charge on any atom is 0.344 e. The normalized spacial score (nSPS) is 20.9. The number of carbonyl (C=O) groups excluding carboxylic acids is 3. The van der Waals surface area contributed by atoms with E-state index >= 15 is 0 Å². The number of fused-ring (bicyclic) bond motifs is 4. The van der Waals surface area contributed by atoms with Crippen LogP contribution >= 0.6 is 11.8 Å². The Bertz CT molecular complexity index is 1580. The van der Waals surface area contributed by atoms with E-state index < -0.39 is 0 Å². The Labute approximate surface area is 275 Å². The number of thioether (sulfide) groups is 1. The lowest BCUT2D eigenvalue weighted by molar-refractivity contribution is -0.136. The number of likely N-dealkylation sites (tertiary alicyclic amines) is 2. The van der Waals surface area contributed by atoms with Crippen molar-refractivity contribution in [1.82, 2.24) is 19.1 Å². The Morgan fingerprint density at radius 3 is 2.17 bits per heavy atom. The van der Waals surface area contributed by atoms with Crippen molar-refractivity contribution in [2.75, 3.05) is 53.0 Å². The fraction of sp³-hybridized carbons (Fsp3) is 0.583. The van der Waals surface area contributed by atoms with Crippen LogP contribution in [0.2, 0.25) is 0 Å². The molecule has 4 aliphatic heterocycles. The van der Waals surface area contributed by atoms with Crippen molar-refractivity contribution in [1.29, 1.82) is 0 Å². The van der Waals surface area contributed by atoms with E-state index in [9.17, 15) is 14.4 Å². The number of ether oxygens (including phenoxy) is 2. The minimum atomic E-state index is -0.328. The maximum absolute atomic E-state index is 13.9. The molecule has 2 amide bonds. The van der Waals surface area contributed by atoms with Gasteiger partial charge in [-0.1, -0.05) is 37.1 Å². The van der Waals surface area contributed by atoms with E-state index in [2.05, 4.69) is 22.7 Å². The molecule has 1 saturated carbocycles. The lowest BCUT2D eigenvalue weighted by Gasteiger charge is -2.33. The largest absolute Gasteiger partial charge is 0.473 e. The number of hydrogen-bond acceptors (Lipinski definition) is 7. The second kappa shape index (κ2) is 13.8. The summed E-state index contributed by atoms with van der Waals surface area (Å²) in [6, 6.07) is 4.26. The summed E-state index contributed by atoms with van der Waals surface area (Å²) in [6.45, 7) is 3.53. The van der Waals surface area contributed by atoms with Crippen LogP contribution in [0.5, 0.6) is 0 Å². The summed E-state index contributed by atoms with van der Waals surface area (Å²) in [4.78, 5) is 48.0. The topological polar surface area (TPSA) is 83.8 Å². The van der Waals surface area contributed by atoms with Crippen LogP contribution in [0.25, 0.3) is 16.3 Å². The number of allylic oxidation sites excluding steroid dienone is 1. The molecule has 0 N–H and O–H groups in total. The number of esters is 1. The Kier molecular flexibility index (Phi) is 9.33. The van der Waals surface area contributed by atoms with E-state index in [1.807, 2.05) is 20.8 Å². The maximum atomic E-state index is 13.9. The quantitative estimate of drug-likeness (QED) is 0.390. The van der Waals surface area contributed by atoms with Crippen LogP contribution in [0.4, 0.5) is 0 Å². The molecule has 6 heterocycles. The molecule has 7 rings (SSSR count). The van der Waals surface area contributed by atoms with Crippen molar-refractivity contribution in [3.63, 3.8) is 0 Å². The van der Waals surface area contributed by atoms with Gasteiger partial charge in [0.05, 0.1) is 12.0 Å². The molecule has 246 valence electrons. The first kappa shape index (κ1) is 31.2. The number of piperidine rings is 2. The van der Waals surface area contributed by atoms with Crippen LogP contribution in [0, 0.1) is 0 Å². The first-order valence-corrected chi connectivity index (χ1v) is 18.1. The lowest BCUT2D eigenvalue weighted by Crippen LogP contribution is -2.48. The Hall–Kier alpha value is -3.40. The average molecular weight is 647 g/mol. The van der Waals surface area contributed by atoms with E-state index in [1.54, 1.807) is 0 Å². The van der Waals surface area contributed by atoms with Crippen LogP contribution < -0.4 is 5.35 Å². The third-order valence-electron chi connectivity index (χ3n) is 10.4. The number of aromatic nitrogens is 1. The summed E-state index contributed by atoms with van der Waals surface area (Å²) < 4.78 is 14.2. The predicted molar refractivity (Wildman–Crippen MR) is 179 cm³/mol. The summed E-state index contributed by atoms with van der Waals surface area (Å²) in [7, 11) is 1.43. The second-order valence-electron chi connectivity index (χ2n) is 13.4. The average Bonchev–Trinajstić information content (AvgIpc) is 3.66. The van der Waals surface area contributed by atoms with E-state index in [1.165, 1.54) is 43.7 Å². The SMILES string of the molecule is COC(=O)C1=CCC2=C(S1)c1c(C3CCCCC3)c3cccn3c1=C(N(CC(=O)N1CCCCC1)CC(=O)N1CCCCC1)OC2. The van der Waals surface area contributed by atoms with Crippen LogP contribution in [-0.4, -0.2) is 89.9 Å². The molecule has 0 aromatic carbocycles. The molecular weight excluding hydrogens is 600 g/mol. The Morgan fingerprint density at radius 1 is 0.913 bits per heavy atom. The van der Waals surface area contributed by atoms with Crippen molar-refractivity contribution < 1.29 is 23.9 Å². The van der Waals surface area contributed by atoms with Gasteiger partial charge in [-0.2, -0.15) is 0 Å². The highest BCUT2D eigenvalue weighted by Gasteiger charge is 2.36. The number of carbonyl (C=O) groups is 3. The van der Waals surface area contributed by atoms with Gasteiger partial charge < -0.3 is 28.6 Å². The molecule has 0 spiro atoms. The van der Waals surface area contributed by atoms with Gasteiger partial charge in [-0.3, -0.25) is 9.59 Å². The van der Waals surface area contributed by atoms with E-state index in [0.717, 1.165) is 104 Å². The first-order valence-electron chi connectivity index (χ1n) is 17.3. The molecule has 5 aliphatic rings. The van der Waals surface area contributed by atoms with Gasteiger partial charge in [0, 0.05) is 48.4 Å². The van der Waals surface area contributed by atoms with Crippen LogP contribution in [0.1, 0.15) is 94.1 Å². The summed E-state index contributed by atoms with van der Waals surface area (Å²) in [5.74, 6) is 0.721. The number of hydrogen-bond donors (Lipinski definition) is 0. The van der Waals surface area contributed by atoms with Crippen LogP contribution in [0.15, 0.2) is 34.9 Å². The first-order chi connectivity index (χ1) is 22.5. The van der Waals surface area contributed by atoms with Crippen LogP contribution in [0.3, 0.4) is 0 Å². The van der Waals surface area contributed by atoms with Gasteiger partial charge in [0.1, 0.15) is 25.0 Å². The van der Waals surface area contributed by atoms with Crippen molar-refractivity contribution in [2.24, 2.45) is 0 Å². The monoisotopic (exact) mass is 646 g/mol. The molecule has 0 bridgehead atoms. The van der Waals surface area contributed by atoms with E-state index in [-0.39, 0.29) is 30.9 Å². The van der Waals surface area contributed by atoms with Crippen molar-refractivity contribution in [3.8, 4) is 0 Å². The molecule has 1 aliphatic carbocycles. The van der Waals surface area contributed by atoms with Gasteiger partial charge in [0.25, 0.3) is 0 Å². The fourth-order valence-corrected chi connectivity index (χ4v) is 9.15. The minimum absolute atomic E-state index is 0.0394. The highest BCUT2D eigenvalue weighted by molar-refractivity contribution is 8.12. The van der Waals surface area contributed by atoms with Gasteiger partial charge in [-0.15, -0.1) is 0 Å². The third-order valence-corrected chi connectivity index (χ3v) is 11.7. The van der Waals surface area contributed by atoms with E-state index in [4.69, 9.17) is 9.47 Å².